The number of nitrogens with zero attached hydrogens (tertiary/aromatic N) is 5. The van der Waals surface area contributed by atoms with E-state index in [1.165, 1.54) is 12.4 Å². The molecule has 2 aromatic heterocycles. The normalized spacial score (nSPS) is 16.1. The first-order valence-electron chi connectivity index (χ1n) is 10.8. The molecule has 1 aromatic carbocycles. The van der Waals surface area contributed by atoms with Crippen LogP contribution in [0.5, 0.6) is 0 Å². The second-order valence-corrected chi connectivity index (χ2v) is 8.37. The van der Waals surface area contributed by atoms with E-state index in [0.29, 0.717) is 17.9 Å². The molecule has 0 spiro atoms. The van der Waals surface area contributed by atoms with Gasteiger partial charge in [0.15, 0.2) is 0 Å². The van der Waals surface area contributed by atoms with Gasteiger partial charge in [0.1, 0.15) is 23.8 Å². The van der Waals surface area contributed by atoms with Crippen LogP contribution in [-0.2, 0) is 4.74 Å². The molecule has 0 amide bonds. The second kappa shape index (κ2) is 9.70. The number of hydrogen-bond acceptors (Lipinski definition) is 7. The highest BCUT2D eigenvalue weighted by Crippen LogP contribution is 2.28. The van der Waals surface area contributed by atoms with E-state index in [0.717, 1.165) is 42.4 Å². The van der Waals surface area contributed by atoms with E-state index in [4.69, 9.17) is 16.3 Å². The summed E-state index contributed by atoms with van der Waals surface area (Å²) >= 11 is 5.94. The van der Waals surface area contributed by atoms with Crippen LogP contribution in [0.2, 0.25) is 5.02 Å². The highest BCUT2D eigenvalue weighted by molar-refractivity contribution is 6.31. The highest BCUT2D eigenvalue weighted by Gasteiger charge is 2.27. The molecule has 0 aliphatic carbocycles. The number of pyridine rings is 1. The second-order valence-electron chi connectivity index (χ2n) is 7.96. The monoisotopic (exact) mass is 469 g/mol. The summed E-state index contributed by atoms with van der Waals surface area (Å²) in [4.78, 5) is 29.8. The summed E-state index contributed by atoms with van der Waals surface area (Å²) in [7, 11) is 0. The molecule has 0 bridgehead atoms. The molecule has 9 heteroatoms. The van der Waals surface area contributed by atoms with Gasteiger partial charge < -0.3 is 14.5 Å². The topological polar surface area (TPSA) is 71.5 Å². The Morgan fingerprint density at radius 1 is 1.21 bits per heavy atom. The zero-order valence-electron chi connectivity index (χ0n) is 18.8. The van der Waals surface area contributed by atoms with Crippen molar-refractivity contribution >= 4 is 29.2 Å². The van der Waals surface area contributed by atoms with Gasteiger partial charge >= 0.3 is 5.97 Å². The average molecular weight is 470 g/mol. The summed E-state index contributed by atoms with van der Waals surface area (Å²) < 4.78 is 18.6. The Morgan fingerprint density at radius 3 is 2.73 bits per heavy atom. The number of anilines is 2. The first-order chi connectivity index (χ1) is 15.9. The van der Waals surface area contributed by atoms with E-state index in [1.54, 1.807) is 25.3 Å². The Kier molecular flexibility index (Phi) is 6.74. The zero-order chi connectivity index (χ0) is 23.5. The minimum Gasteiger partial charge on any atom is -0.462 e. The van der Waals surface area contributed by atoms with Gasteiger partial charge in [-0.1, -0.05) is 11.6 Å². The van der Waals surface area contributed by atoms with Crippen molar-refractivity contribution in [3.8, 4) is 11.3 Å². The first kappa shape index (κ1) is 22.9. The number of rotatable bonds is 5. The van der Waals surface area contributed by atoms with Crippen LogP contribution in [0.4, 0.5) is 16.0 Å². The summed E-state index contributed by atoms with van der Waals surface area (Å²) in [5.41, 5.74) is 2.80. The molecule has 0 N–H and O–H groups in total. The molecule has 1 aliphatic rings. The standard InChI is InChI=1S/C24H25ClFN5O2/c1-4-33-24(32)18-9-15(2)23(27-12-18)30-7-8-31(16(3)13-30)22-11-21(28-14-29-22)17-5-6-20(26)19(25)10-17/h5-6,9-12,14,16H,4,7-8,13H2,1-3H3/t16-/m1/s1. The van der Waals surface area contributed by atoms with Crippen molar-refractivity contribution in [2.45, 2.75) is 26.8 Å². The Bertz CT molecular complexity index is 1180. The fourth-order valence-electron chi connectivity index (χ4n) is 4.03. The van der Waals surface area contributed by atoms with Crippen molar-refractivity contribution in [1.29, 1.82) is 0 Å². The highest BCUT2D eigenvalue weighted by atomic mass is 35.5. The van der Waals surface area contributed by atoms with Crippen molar-refractivity contribution in [3.63, 3.8) is 0 Å². The summed E-state index contributed by atoms with van der Waals surface area (Å²) in [6.07, 6.45) is 3.09. The molecule has 7 nitrogen and oxygen atoms in total. The van der Waals surface area contributed by atoms with Gasteiger partial charge in [-0.25, -0.2) is 24.1 Å². The van der Waals surface area contributed by atoms with Gasteiger partial charge in [-0.2, -0.15) is 0 Å². The Hall–Kier alpha value is -3.26. The van der Waals surface area contributed by atoms with Crippen molar-refractivity contribution in [1.82, 2.24) is 15.0 Å². The molecule has 172 valence electrons. The van der Waals surface area contributed by atoms with E-state index in [1.807, 2.05) is 19.1 Å². The maximum absolute atomic E-state index is 13.5. The van der Waals surface area contributed by atoms with Gasteiger partial charge in [0.25, 0.3) is 0 Å². The third kappa shape index (κ3) is 4.90. The van der Waals surface area contributed by atoms with Crippen molar-refractivity contribution in [2.24, 2.45) is 0 Å². The van der Waals surface area contributed by atoms with Crippen LogP contribution in [0.25, 0.3) is 11.3 Å². The van der Waals surface area contributed by atoms with Crippen molar-refractivity contribution in [3.05, 3.63) is 64.8 Å². The van der Waals surface area contributed by atoms with E-state index in [9.17, 15) is 9.18 Å². The van der Waals surface area contributed by atoms with Crippen LogP contribution in [0.15, 0.2) is 42.9 Å². The molecule has 0 radical (unpaired) electrons. The van der Waals surface area contributed by atoms with Gasteiger partial charge in [0, 0.05) is 43.5 Å². The minimum atomic E-state index is -0.460. The molecular formula is C24H25ClFN5O2. The molecular weight excluding hydrogens is 445 g/mol. The molecule has 1 saturated heterocycles. The lowest BCUT2D eigenvalue weighted by Gasteiger charge is -2.41. The fourth-order valence-corrected chi connectivity index (χ4v) is 4.21. The number of aromatic nitrogens is 3. The molecule has 0 unspecified atom stereocenters. The van der Waals surface area contributed by atoms with Gasteiger partial charge in [-0.05, 0) is 50.6 Å². The third-order valence-corrected chi connectivity index (χ3v) is 5.94. The first-order valence-corrected chi connectivity index (χ1v) is 11.2. The maximum Gasteiger partial charge on any atom is 0.339 e. The quantitative estimate of drug-likeness (QED) is 0.508. The predicted octanol–water partition coefficient (Wildman–Crippen LogP) is 4.53. The smallest absolute Gasteiger partial charge is 0.339 e. The number of aryl methyl sites for hydroxylation is 1. The number of piperazine rings is 1. The molecule has 3 heterocycles. The van der Waals surface area contributed by atoms with Gasteiger partial charge in [0.05, 0.1) is 22.9 Å². The molecule has 1 aliphatic heterocycles. The largest absolute Gasteiger partial charge is 0.462 e. The van der Waals surface area contributed by atoms with Crippen LogP contribution >= 0.6 is 11.6 Å². The molecule has 3 aromatic rings. The zero-order valence-corrected chi connectivity index (χ0v) is 19.5. The lowest BCUT2D eigenvalue weighted by atomic mass is 10.1. The number of benzene rings is 1. The molecule has 4 rings (SSSR count). The Labute approximate surface area is 197 Å². The summed E-state index contributed by atoms with van der Waals surface area (Å²) in [6, 6.07) is 8.43. The number of esters is 1. The lowest BCUT2D eigenvalue weighted by molar-refractivity contribution is 0.0526. The van der Waals surface area contributed by atoms with Crippen molar-refractivity contribution in [2.75, 3.05) is 36.0 Å². The van der Waals surface area contributed by atoms with Crippen LogP contribution < -0.4 is 9.80 Å². The molecule has 33 heavy (non-hydrogen) atoms. The predicted molar refractivity (Wildman–Crippen MR) is 126 cm³/mol. The summed E-state index contributed by atoms with van der Waals surface area (Å²) in [5, 5.41) is 0.0616. The van der Waals surface area contributed by atoms with E-state index in [-0.39, 0.29) is 17.0 Å². The van der Waals surface area contributed by atoms with Crippen LogP contribution in [0.1, 0.15) is 29.8 Å². The average Bonchev–Trinajstić information content (AvgIpc) is 2.81. The summed E-state index contributed by atoms with van der Waals surface area (Å²) in [6.45, 7) is 8.42. The number of hydrogen-bond donors (Lipinski definition) is 0. The minimum absolute atomic E-state index is 0.0616. The maximum atomic E-state index is 13.5. The van der Waals surface area contributed by atoms with E-state index >= 15 is 0 Å². The Balaban J connectivity index is 1.50. The van der Waals surface area contributed by atoms with Gasteiger partial charge in [-0.3, -0.25) is 0 Å². The van der Waals surface area contributed by atoms with E-state index < -0.39 is 5.82 Å². The van der Waals surface area contributed by atoms with Crippen LogP contribution in [0.3, 0.4) is 0 Å². The number of carbonyl (C=O) groups excluding carboxylic acids is 1. The van der Waals surface area contributed by atoms with Crippen LogP contribution in [-0.4, -0.2) is 53.2 Å². The Morgan fingerprint density at radius 2 is 2.03 bits per heavy atom. The lowest BCUT2D eigenvalue weighted by Crippen LogP contribution is -2.52. The van der Waals surface area contributed by atoms with Gasteiger partial charge in [0.2, 0.25) is 0 Å². The molecule has 1 fully saturated rings. The third-order valence-electron chi connectivity index (χ3n) is 5.65. The van der Waals surface area contributed by atoms with Crippen molar-refractivity contribution < 1.29 is 13.9 Å². The van der Waals surface area contributed by atoms with E-state index in [2.05, 4.69) is 31.7 Å². The van der Waals surface area contributed by atoms with Gasteiger partial charge in [-0.15, -0.1) is 0 Å². The molecule has 0 saturated carbocycles. The fraction of sp³-hybridized carbons (Fsp3) is 0.333. The molecule has 1 atom stereocenters. The SMILES string of the molecule is CCOC(=O)c1cnc(N2CCN(c3cc(-c4ccc(F)c(Cl)c4)ncn3)[C@H](C)C2)c(C)c1. The van der Waals surface area contributed by atoms with Crippen LogP contribution in [0, 0.1) is 12.7 Å². The number of halogens is 2. The number of carbonyl (C=O) groups is 1. The summed E-state index contributed by atoms with van der Waals surface area (Å²) in [5.74, 6) is 0.840. The number of ether oxygens (including phenoxy) is 1.